The van der Waals surface area contributed by atoms with E-state index in [1.54, 1.807) is 11.8 Å². The largest absolute Gasteiger partial charge is 0.394 e. The molecular weight excluding hydrogens is 282 g/mol. The topological polar surface area (TPSA) is 49.3 Å². The number of carbonyl (C=O) groups excluding carboxylic acids is 1. The summed E-state index contributed by atoms with van der Waals surface area (Å²) in [5.74, 6) is 0.835. The number of rotatable bonds is 6. The smallest absolute Gasteiger partial charge is 0.221 e. The second-order valence-corrected chi connectivity index (χ2v) is 7.13. The van der Waals surface area contributed by atoms with Gasteiger partial charge in [-0.15, -0.1) is 11.8 Å². The number of nitrogens with one attached hydrogen (secondary N) is 1. The van der Waals surface area contributed by atoms with Crippen LogP contribution < -0.4 is 5.32 Å². The Morgan fingerprint density at radius 1 is 1.24 bits per heavy atom. The summed E-state index contributed by atoms with van der Waals surface area (Å²) in [4.78, 5) is 13.3. The van der Waals surface area contributed by atoms with Crippen LogP contribution in [0.2, 0.25) is 0 Å². The van der Waals surface area contributed by atoms with E-state index in [-0.39, 0.29) is 18.1 Å². The SMILES string of the molecule is Cc1ccc(SCCC(=O)NC2(CO)CCCCC2)cc1. The predicted octanol–water partition coefficient (Wildman–Crippen LogP) is 3.29. The number of benzene rings is 1. The number of hydrogen-bond acceptors (Lipinski definition) is 3. The van der Waals surface area contributed by atoms with E-state index >= 15 is 0 Å². The van der Waals surface area contributed by atoms with Gasteiger partial charge in [0.2, 0.25) is 5.91 Å². The van der Waals surface area contributed by atoms with Gasteiger partial charge in [0, 0.05) is 17.1 Å². The van der Waals surface area contributed by atoms with Crippen molar-refractivity contribution >= 4 is 17.7 Å². The molecule has 0 atom stereocenters. The zero-order valence-corrected chi connectivity index (χ0v) is 13.5. The standard InChI is InChI=1S/C17H25NO2S/c1-14-5-7-15(8-6-14)21-12-9-16(20)18-17(13-19)10-3-2-4-11-17/h5-8,19H,2-4,9-13H2,1H3,(H,18,20). The first-order valence-electron chi connectivity index (χ1n) is 7.75. The number of aliphatic hydroxyl groups excluding tert-OH is 1. The van der Waals surface area contributed by atoms with E-state index in [4.69, 9.17) is 0 Å². The summed E-state index contributed by atoms with van der Waals surface area (Å²) in [6.07, 6.45) is 5.71. The van der Waals surface area contributed by atoms with Gasteiger partial charge in [-0.3, -0.25) is 4.79 Å². The van der Waals surface area contributed by atoms with Gasteiger partial charge in [-0.05, 0) is 31.9 Å². The van der Waals surface area contributed by atoms with Gasteiger partial charge in [0.15, 0.2) is 0 Å². The number of aryl methyl sites for hydroxylation is 1. The van der Waals surface area contributed by atoms with Gasteiger partial charge in [0.1, 0.15) is 0 Å². The van der Waals surface area contributed by atoms with Crippen LogP contribution in [-0.4, -0.2) is 28.9 Å². The van der Waals surface area contributed by atoms with Crippen molar-refractivity contribution in [2.45, 2.75) is 55.9 Å². The molecule has 1 aliphatic rings. The third-order valence-electron chi connectivity index (χ3n) is 4.14. The van der Waals surface area contributed by atoms with Gasteiger partial charge in [0.25, 0.3) is 0 Å². The Balaban J connectivity index is 1.75. The van der Waals surface area contributed by atoms with Crippen LogP contribution in [0.5, 0.6) is 0 Å². The van der Waals surface area contributed by atoms with Crippen LogP contribution in [0.3, 0.4) is 0 Å². The molecule has 1 aromatic carbocycles. The highest BCUT2D eigenvalue weighted by molar-refractivity contribution is 7.99. The molecule has 2 rings (SSSR count). The quantitative estimate of drug-likeness (QED) is 0.793. The number of carbonyl (C=O) groups is 1. The van der Waals surface area contributed by atoms with Crippen LogP contribution in [0.4, 0.5) is 0 Å². The lowest BCUT2D eigenvalue weighted by atomic mass is 9.82. The highest BCUT2D eigenvalue weighted by Crippen LogP contribution is 2.28. The van der Waals surface area contributed by atoms with Crippen LogP contribution in [0.1, 0.15) is 44.1 Å². The minimum absolute atomic E-state index is 0.0594. The average Bonchev–Trinajstić information content (AvgIpc) is 2.50. The average molecular weight is 307 g/mol. The van der Waals surface area contributed by atoms with E-state index in [1.807, 2.05) is 0 Å². The van der Waals surface area contributed by atoms with E-state index in [9.17, 15) is 9.90 Å². The molecule has 0 unspecified atom stereocenters. The molecular formula is C17H25NO2S. The second kappa shape index (κ2) is 7.85. The molecule has 0 radical (unpaired) electrons. The molecule has 116 valence electrons. The van der Waals surface area contributed by atoms with Gasteiger partial charge in [-0.2, -0.15) is 0 Å². The normalized spacial score (nSPS) is 17.4. The van der Waals surface area contributed by atoms with Gasteiger partial charge in [-0.25, -0.2) is 0 Å². The fourth-order valence-electron chi connectivity index (χ4n) is 2.81. The van der Waals surface area contributed by atoms with E-state index in [1.165, 1.54) is 16.9 Å². The monoisotopic (exact) mass is 307 g/mol. The summed E-state index contributed by atoms with van der Waals surface area (Å²) in [5.41, 5.74) is 0.892. The maximum Gasteiger partial charge on any atom is 0.221 e. The van der Waals surface area contributed by atoms with Crippen molar-refractivity contribution < 1.29 is 9.90 Å². The van der Waals surface area contributed by atoms with Gasteiger partial charge < -0.3 is 10.4 Å². The van der Waals surface area contributed by atoms with E-state index in [2.05, 4.69) is 36.5 Å². The molecule has 2 N–H and O–H groups in total. The molecule has 1 aromatic rings. The van der Waals surface area contributed by atoms with Crippen molar-refractivity contribution in [3.8, 4) is 0 Å². The summed E-state index contributed by atoms with van der Waals surface area (Å²) >= 11 is 1.70. The molecule has 0 spiro atoms. The Labute approximate surface area is 131 Å². The van der Waals surface area contributed by atoms with Gasteiger partial charge in [-0.1, -0.05) is 37.0 Å². The fourth-order valence-corrected chi connectivity index (χ4v) is 3.66. The molecule has 1 amide bonds. The van der Waals surface area contributed by atoms with E-state index < -0.39 is 0 Å². The third kappa shape index (κ3) is 5.04. The van der Waals surface area contributed by atoms with E-state index in [0.717, 1.165) is 31.4 Å². The van der Waals surface area contributed by atoms with Crippen LogP contribution >= 0.6 is 11.8 Å². The number of amides is 1. The Morgan fingerprint density at radius 2 is 1.90 bits per heavy atom. The molecule has 1 saturated carbocycles. The second-order valence-electron chi connectivity index (χ2n) is 5.96. The van der Waals surface area contributed by atoms with Crippen molar-refractivity contribution in [2.24, 2.45) is 0 Å². The van der Waals surface area contributed by atoms with Crippen molar-refractivity contribution in [1.29, 1.82) is 0 Å². The lowest BCUT2D eigenvalue weighted by molar-refractivity contribution is -0.123. The number of aliphatic hydroxyl groups is 1. The molecule has 3 nitrogen and oxygen atoms in total. The van der Waals surface area contributed by atoms with Gasteiger partial charge in [0.05, 0.1) is 12.1 Å². The minimum Gasteiger partial charge on any atom is -0.394 e. The van der Waals surface area contributed by atoms with Crippen LogP contribution in [-0.2, 0) is 4.79 Å². The summed E-state index contributed by atoms with van der Waals surface area (Å²) in [6, 6.07) is 8.36. The van der Waals surface area contributed by atoms with Crippen LogP contribution in [0.25, 0.3) is 0 Å². The Kier molecular flexibility index (Phi) is 6.12. The molecule has 0 bridgehead atoms. The molecule has 4 heteroatoms. The molecule has 0 aromatic heterocycles. The van der Waals surface area contributed by atoms with Crippen molar-refractivity contribution in [1.82, 2.24) is 5.32 Å². The molecule has 0 aliphatic heterocycles. The third-order valence-corrected chi connectivity index (χ3v) is 5.15. The van der Waals surface area contributed by atoms with Crippen molar-refractivity contribution in [2.75, 3.05) is 12.4 Å². The highest BCUT2D eigenvalue weighted by atomic mass is 32.2. The van der Waals surface area contributed by atoms with Crippen LogP contribution in [0, 0.1) is 6.92 Å². The molecule has 1 aliphatic carbocycles. The van der Waals surface area contributed by atoms with Crippen molar-refractivity contribution in [3.05, 3.63) is 29.8 Å². The lowest BCUT2D eigenvalue weighted by Gasteiger charge is -2.36. The van der Waals surface area contributed by atoms with Gasteiger partial charge >= 0.3 is 0 Å². The molecule has 0 heterocycles. The first-order chi connectivity index (χ1) is 10.1. The first-order valence-corrected chi connectivity index (χ1v) is 8.73. The Hall–Kier alpha value is -1.00. The van der Waals surface area contributed by atoms with Crippen molar-refractivity contribution in [3.63, 3.8) is 0 Å². The highest BCUT2D eigenvalue weighted by Gasteiger charge is 2.32. The maximum atomic E-state index is 12.1. The molecule has 0 saturated heterocycles. The summed E-state index contributed by atoms with van der Waals surface area (Å²) < 4.78 is 0. The predicted molar refractivity (Wildman–Crippen MR) is 87.6 cm³/mol. The maximum absolute atomic E-state index is 12.1. The van der Waals surface area contributed by atoms with E-state index in [0.29, 0.717) is 6.42 Å². The Bertz CT molecular complexity index is 452. The summed E-state index contributed by atoms with van der Waals surface area (Å²) in [5, 5.41) is 12.7. The zero-order valence-electron chi connectivity index (χ0n) is 12.7. The van der Waals surface area contributed by atoms with Crippen LogP contribution in [0.15, 0.2) is 29.2 Å². The number of thioether (sulfide) groups is 1. The Morgan fingerprint density at radius 3 is 2.52 bits per heavy atom. The summed E-state index contributed by atoms with van der Waals surface area (Å²) in [6.45, 7) is 2.13. The zero-order chi connectivity index (χ0) is 15.1. The first kappa shape index (κ1) is 16.4. The minimum atomic E-state index is -0.357. The molecule has 1 fully saturated rings. The summed E-state index contributed by atoms with van der Waals surface area (Å²) in [7, 11) is 0. The fraction of sp³-hybridized carbons (Fsp3) is 0.588. The lowest BCUT2D eigenvalue weighted by Crippen LogP contribution is -2.52. The number of hydrogen-bond donors (Lipinski definition) is 2. The molecule has 21 heavy (non-hydrogen) atoms.